The topological polar surface area (TPSA) is 58.6 Å². The summed E-state index contributed by atoms with van der Waals surface area (Å²) in [5.41, 5.74) is 3.78. The highest BCUT2D eigenvalue weighted by Crippen LogP contribution is 2.27. The van der Waals surface area contributed by atoms with Gasteiger partial charge in [-0.1, -0.05) is 60.7 Å². The molecule has 1 aliphatic rings. The van der Waals surface area contributed by atoms with Crippen LogP contribution in [-0.2, 0) is 4.74 Å². The number of rotatable bonds is 7. The van der Waals surface area contributed by atoms with Crippen molar-refractivity contribution in [3.63, 3.8) is 0 Å². The van der Waals surface area contributed by atoms with Gasteiger partial charge in [0.25, 0.3) is 5.91 Å². The summed E-state index contributed by atoms with van der Waals surface area (Å²) in [6, 6.07) is 27.7. The van der Waals surface area contributed by atoms with E-state index in [4.69, 9.17) is 4.74 Å². The van der Waals surface area contributed by atoms with Crippen molar-refractivity contribution in [1.29, 1.82) is 0 Å². The van der Waals surface area contributed by atoms with E-state index in [1.165, 1.54) is 11.1 Å². The SMILES string of the molecule is O=C(NCCC(c1ccccc1)c1ccccc1)c1ccc(N2CCOC2=O)cc1. The second-order valence-corrected chi connectivity index (χ2v) is 7.23. The highest BCUT2D eigenvalue weighted by molar-refractivity contribution is 5.95. The minimum atomic E-state index is -0.347. The largest absolute Gasteiger partial charge is 0.447 e. The molecule has 0 bridgehead atoms. The Hall–Kier alpha value is -3.60. The monoisotopic (exact) mass is 400 g/mol. The number of hydrogen-bond donors (Lipinski definition) is 1. The van der Waals surface area contributed by atoms with E-state index < -0.39 is 0 Å². The number of nitrogens with one attached hydrogen (secondary N) is 1. The Balaban J connectivity index is 1.38. The van der Waals surface area contributed by atoms with Crippen molar-refractivity contribution < 1.29 is 14.3 Å². The van der Waals surface area contributed by atoms with E-state index in [2.05, 4.69) is 29.6 Å². The van der Waals surface area contributed by atoms with Crippen LogP contribution in [0.1, 0.15) is 33.8 Å². The van der Waals surface area contributed by atoms with Crippen molar-refractivity contribution in [3.05, 3.63) is 102 Å². The summed E-state index contributed by atoms with van der Waals surface area (Å²) in [5, 5.41) is 3.02. The number of nitrogens with zero attached hydrogens (tertiary/aromatic N) is 1. The molecule has 1 heterocycles. The molecule has 0 spiro atoms. The van der Waals surface area contributed by atoms with Crippen LogP contribution in [0.25, 0.3) is 0 Å². The Bertz CT molecular complexity index is 948. The van der Waals surface area contributed by atoms with Gasteiger partial charge in [0, 0.05) is 23.7 Å². The Kier molecular flexibility index (Phi) is 6.09. The number of hydrogen-bond acceptors (Lipinski definition) is 3. The molecule has 3 aromatic rings. The summed E-state index contributed by atoms with van der Waals surface area (Å²) < 4.78 is 4.95. The summed E-state index contributed by atoms with van der Waals surface area (Å²) in [6.45, 7) is 1.49. The Morgan fingerprint density at radius 1 is 0.900 bits per heavy atom. The fourth-order valence-electron chi connectivity index (χ4n) is 3.75. The molecule has 1 aliphatic heterocycles. The molecule has 5 heteroatoms. The van der Waals surface area contributed by atoms with Crippen molar-refractivity contribution in [2.24, 2.45) is 0 Å². The first-order chi connectivity index (χ1) is 14.7. The zero-order valence-corrected chi connectivity index (χ0v) is 16.7. The minimum Gasteiger partial charge on any atom is -0.447 e. The molecule has 1 saturated heterocycles. The van der Waals surface area contributed by atoms with Crippen LogP contribution >= 0.6 is 0 Å². The molecule has 0 aliphatic carbocycles. The van der Waals surface area contributed by atoms with Gasteiger partial charge in [-0.2, -0.15) is 0 Å². The van der Waals surface area contributed by atoms with Gasteiger partial charge in [-0.15, -0.1) is 0 Å². The van der Waals surface area contributed by atoms with Gasteiger partial charge < -0.3 is 10.1 Å². The average Bonchev–Trinajstić information content (AvgIpc) is 3.23. The number of carbonyl (C=O) groups is 2. The highest BCUT2D eigenvalue weighted by Gasteiger charge is 2.23. The van der Waals surface area contributed by atoms with Gasteiger partial charge in [0.05, 0.1) is 6.54 Å². The molecule has 0 atom stereocenters. The molecule has 0 radical (unpaired) electrons. The molecule has 2 amide bonds. The number of benzene rings is 3. The lowest BCUT2D eigenvalue weighted by Crippen LogP contribution is -2.26. The van der Waals surface area contributed by atoms with Gasteiger partial charge in [0.1, 0.15) is 6.61 Å². The van der Waals surface area contributed by atoms with Crippen molar-refractivity contribution >= 4 is 17.7 Å². The van der Waals surface area contributed by atoms with E-state index >= 15 is 0 Å². The second kappa shape index (κ2) is 9.27. The first kappa shape index (κ1) is 19.7. The molecule has 3 aromatic carbocycles. The lowest BCUT2D eigenvalue weighted by molar-refractivity contribution is 0.0952. The van der Waals surface area contributed by atoms with Crippen LogP contribution in [0.5, 0.6) is 0 Å². The maximum absolute atomic E-state index is 12.6. The van der Waals surface area contributed by atoms with Crippen LogP contribution in [0.4, 0.5) is 10.5 Å². The van der Waals surface area contributed by atoms with Gasteiger partial charge in [-0.25, -0.2) is 4.79 Å². The summed E-state index contributed by atoms with van der Waals surface area (Å²) >= 11 is 0. The molecule has 0 saturated carbocycles. The van der Waals surface area contributed by atoms with Crippen molar-refractivity contribution in [3.8, 4) is 0 Å². The fraction of sp³-hybridized carbons (Fsp3) is 0.200. The number of ether oxygens (including phenoxy) is 1. The Labute approximate surface area is 176 Å². The standard InChI is InChI=1S/C25H24N2O3/c28-24(21-11-13-22(14-12-21)27-17-18-30-25(27)29)26-16-15-23(19-7-3-1-4-8-19)20-9-5-2-6-10-20/h1-14,23H,15-18H2,(H,26,28). The van der Waals surface area contributed by atoms with E-state index in [9.17, 15) is 9.59 Å². The average molecular weight is 400 g/mol. The lowest BCUT2D eigenvalue weighted by atomic mass is 9.88. The maximum atomic E-state index is 12.6. The summed E-state index contributed by atoms with van der Waals surface area (Å²) in [4.78, 5) is 25.8. The molecule has 4 rings (SSSR count). The maximum Gasteiger partial charge on any atom is 0.414 e. The smallest absolute Gasteiger partial charge is 0.414 e. The molecular formula is C25H24N2O3. The van der Waals surface area contributed by atoms with E-state index in [0.29, 0.717) is 25.3 Å². The van der Waals surface area contributed by atoms with Gasteiger partial charge >= 0.3 is 6.09 Å². The van der Waals surface area contributed by atoms with E-state index in [1.807, 2.05) is 36.4 Å². The third-order valence-electron chi connectivity index (χ3n) is 5.32. The van der Waals surface area contributed by atoms with Crippen molar-refractivity contribution in [2.75, 3.05) is 24.6 Å². The summed E-state index contributed by atoms with van der Waals surface area (Å²) in [6.07, 6.45) is 0.456. The van der Waals surface area contributed by atoms with E-state index in [-0.39, 0.29) is 17.9 Å². The minimum absolute atomic E-state index is 0.120. The van der Waals surface area contributed by atoms with Crippen molar-refractivity contribution in [1.82, 2.24) is 5.32 Å². The van der Waals surface area contributed by atoms with E-state index in [1.54, 1.807) is 29.2 Å². The van der Waals surface area contributed by atoms with Crippen LogP contribution in [0.3, 0.4) is 0 Å². The number of carbonyl (C=O) groups excluding carboxylic acids is 2. The number of cyclic esters (lactones) is 1. The molecule has 1 fully saturated rings. The van der Waals surface area contributed by atoms with Crippen molar-refractivity contribution in [2.45, 2.75) is 12.3 Å². The van der Waals surface area contributed by atoms with Crippen LogP contribution in [0, 0.1) is 0 Å². The van der Waals surface area contributed by atoms with Crippen LogP contribution in [0.2, 0.25) is 0 Å². The zero-order chi connectivity index (χ0) is 20.8. The zero-order valence-electron chi connectivity index (χ0n) is 16.7. The molecule has 5 nitrogen and oxygen atoms in total. The molecule has 30 heavy (non-hydrogen) atoms. The quantitative estimate of drug-likeness (QED) is 0.631. The molecule has 0 unspecified atom stereocenters. The van der Waals surface area contributed by atoms with Gasteiger partial charge in [0.15, 0.2) is 0 Å². The van der Waals surface area contributed by atoms with Gasteiger partial charge in [-0.3, -0.25) is 9.69 Å². The third kappa shape index (κ3) is 4.51. The van der Waals surface area contributed by atoms with Crippen LogP contribution in [0.15, 0.2) is 84.9 Å². The predicted octanol–water partition coefficient (Wildman–Crippen LogP) is 4.60. The van der Waals surface area contributed by atoms with Gasteiger partial charge in [0.2, 0.25) is 0 Å². The van der Waals surface area contributed by atoms with Crippen LogP contribution < -0.4 is 10.2 Å². The number of amides is 2. The predicted molar refractivity (Wildman–Crippen MR) is 117 cm³/mol. The van der Waals surface area contributed by atoms with Gasteiger partial charge in [-0.05, 0) is 41.8 Å². The fourth-order valence-corrected chi connectivity index (χ4v) is 3.75. The molecule has 152 valence electrons. The van der Waals surface area contributed by atoms with E-state index in [0.717, 1.165) is 12.1 Å². The van der Waals surface area contributed by atoms with Crippen LogP contribution in [-0.4, -0.2) is 31.7 Å². The Morgan fingerprint density at radius 3 is 2.03 bits per heavy atom. The molecule has 1 N–H and O–H groups in total. The summed E-state index contributed by atoms with van der Waals surface area (Å²) in [7, 11) is 0. The second-order valence-electron chi connectivity index (χ2n) is 7.23. The normalized spacial score (nSPS) is 13.4. The first-order valence-corrected chi connectivity index (χ1v) is 10.1. The summed E-state index contributed by atoms with van der Waals surface area (Å²) in [5.74, 6) is 0.0988. The number of anilines is 1. The third-order valence-corrected chi connectivity index (χ3v) is 5.32. The first-order valence-electron chi connectivity index (χ1n) is 10.1. The lowest BCUT2D eigenvalue weighted by Gasteiger charge is -2.18. The highest BCUT2D eigenvalue weighted by atomic mass is 16.6. The molecule has 0 aromatic heterocycles. The molecular weight excluding hydrogens is 376 g/mol. The Morgan fingerprint density at radius 2 is 1.50 bits per heavy atom.